The first-order valence-corrected chi connectivity index (χ1v) is 6.54. The van der Waals surface area contributed by atoms with Crippen molar-refractivity contribution in [1.82, 2.24) is 9.78 Å². The van der Waals surface area contributed by atoms with E-state index in [-0.39, 0.29) is 5.56 Å². The molecule has 1 N–H and O–H groups in total. The molecule has 0 fully saturated rings. The lowest BCUT2D eigenvalue weighted by molar-refractivity contribution is 0.0693. The molecule has 1 heterocycles. The van der Waals surface area contributed by atoms with Crippen LogP contribution in [0.4, 0.5) is 0 Å². The van der Waals surface area contributed by atoms with Crippen molar-refractivity contribution in [2.75, 3.05) is 0 Å². The van der Waals surface area contributed by atoms with Gasteiger partial charge in [-0.15, -0.1) is 0 Å². The monoisotopic (exact) mass is 272 g/mol. The molecule has 2 aromatic rings. The minimum atomic E-state index is -1.22. The molecule has 1 aromatic heterocycles. The van der Waals surface area contributed by atoms with Crippen LogP contribution in [0.2, 0.25) is 0 Å². The predicted octanol–water partition coefficient (Wildman–Crippen LogP) is 2.41. The topological polar surface area (TPSA) is 72.2 Å². The van der Waals surface area contributed by atoms with Gasteiger partial charge in [0.25, 0.3) is 5.56 Å². The summed E-state index contributed by atoms with van der Waals surface area (Å²) in [5.74, 6) is -1.22. The standard InChI is InChI=1S/C15H16N2O3/c1-2-3-9-17-14(18)12(15(19)20)10-13(16-17)11-7-5-4-6-8-11/h4-8,10H,2-3,9H2,1H3,(H,19,20). The molecule has 0 aliphatic carbocycles. The molecule has 20 heavy (non-hydrogen) atoms. The predicted molar refractivity (Wildman–Crippen MR) is 75.8 cm³/mol. The van der Waals surface area contributed by atoms with Crippen LogP contribution in [0.15, 0.2) is 41.2 Å². The number of carboxylic acids is 1. The molecule has 5 heteroatoms. The van der Waals surface area contributed by atoms with Crippen molar-refractivity contribution in [3.8, 4) is 11.3 Å². The fourth-order valence-corrected chi connectivity index (χ4v) is 1.90. The van der Waals surface area contributed by atoms with Crippen molar-refractivity contribution in [1.29, 1.82) is 0 Å². The SMILES string of the molecule is CCCCn1nc(-c2ccccc2)cc(C(=O)O)c1=O. The number of aromatic carboxylic acids is 1. The minimum absolute atomic E-state index is 0.241. The summed E-state index contributed by atoms with van der Waals surface area (Å²) < 4.78 is 1.25. The lowest BCUT2D eigenvalue weighted by Crippen LogP contribution is -2.29. The van der Waals surface area contributed by atoms with Crippen LogP contribution in [0.25, 0.3) is 11.3 Å². The fourth-order valence-electron chi connectivity index (χ4n) is 1.90. The molecule has 104 valence electrons. The van der Waals surface area contributed by atoms with Gasteiger partial charge in [0.15, 0.2) is 0 Å². The molecule has 5 nitrogen and oxygen atoms in total. The largest absolute Gasteiger partial charge is 0.477 e. The summed E-state index contributed by atoms with van der Waals surface area (Å²) in [6, 6.07) is 10.6. The van der Waals surface area contributed by atoms with Gasteiger partial charge in [0.1, 0.15) is 5.56 Å². The van der Waals surface area contributed by atoms with Crippen LogP contribution >= 0.6 is 0 Å². The highest BCUT2D eigenvalue weighted by atomic mass is 16.4. The fraction of sp³-hybridized carbons (Fsp3) is 0.267. The molecule has 0 bridgehead atoms. The molecule has 0 atom stereocenters. The molecule has 0 amide bonds. The Morgan fingerprint density at radius 2 is 2.00 bits per heavy atom. The first-order valence-electron chi connectivity index (χ1n) is 6.54. The summed E-state index contributed by atoms with van der Waals surface area (Å²) >= 11 is 0. The summed E-state index contributed by atoms with van der Waals surface area (Å²) in [4.78, 5) is 23.2. The number of aryl methyl sites for hydroxylation is 1. The Balaban J connectivity index is 2.56. The van der Waals surface area contributed by atoms with Gasteiger partial charge in [-0.25, -0.2) is 9.48 Å². The molecule has 2 rings (SSSR count). The number of nitrogens with zero attached hydrogens (tertiary/aromatic N) is 2. The second-order valence-electron chi connectivity index (χ2n) is 4.50. The molecular formula is C15H16N2O3. The van der Waals surface area contributed by atoms with Gasteiger partial charge in [0.05, 0.1) is 5.69 Å². The molecule has 0 radical (unpaired) electrons. The van der Waals surface area contributed by atoms with E-state index >= 15 is 0 Å². The van der Waals surface area contributed by atoms with Crippen molar-refractivity contribution in [2.45, 2.75) is 26.3 Å². The van der Waals surface area contributed by atoms with E-state index in [9.17, 15) is 9.59 Å². The van der Waals surface area contributed by atoms with Crippen LogP contribution in [-0.4, -0.2) is 20.9 Å². The summed E-state index contributed by atoms with van der Waals surface area (Å²) in [5, 5.41) is 13.4. The van der Waals surface area contributed by atoms with Gasteiger partial charge in [-0.1, -0.05) is 43.7 Å². The zero-order valence-corrected chi connectivity index (χ0v) is 11.2. The molecular weight excluding hydrogens is 256 g/mol. The third-order valence-corrected chi connectivity index (χ3v) is 3.00. The van der Waals surface area contributed by atoms with E-state index in [1.165, 1.54) is 10.7 Å². The summed E-state index contributed by atoms with van der Waals surface area (Å²) in [5.41, 5.74) is 0.500. The second kappa shape index (κ2) is 6.14. The van der Waals surface area contributed by atoms with Gasteiger partial charge in [0.2, 0.25) is 0 Å². The highest BCUT2D eigenvalue weighted by molar-refractivity contribution is 5.88. The smallest absolute Gasteiger partial charge is 0.341 e. The number of rotatable bonds is 5. The molecule has 0 unspecified atom stereocenters. The Hall–Kier alpha value is -2.43. The minimum Gasteiger partial charge on any atom is -0.477 e. The molecule has 0 aliphatic heterocycles. The van der Waals surface area contributed by atoms with Crippen LogP contribution in [0, 0.1) is 0 Å². The highest BCUT2D eigenvalue weighted by Gasteiger charge is 2.15. The van der Waals surface area contributed by atoms with E-state index in [4.69, 9.17) is 5.11 Å². The Kier molecular flexibility index (Phi) is 4.30. The number of unbranched alkanes of at least 4 members (excludes halogenated alkanes) is 1. The van der Waals surface area contributed by atoms with Crippen molar-refractivity contribution in [3.63, 3.8) is 0 Å². The Labute approximate surface area is 116 Å². The van der Waals surface area contributed by atoms with Crippen LogP contribution < -0.4 is 5.56 Å². The zero-order valence-electron chi connectivity index (χ0n) is 11.2. The maximum Gasteiger partial charge on any atom is 0.341 e. The number of hydrogen-bond donors (Lipinski definition) is 1. The number of carboxylic acid groups (broad SMARTS) is 1. The van der Waals surface area contributed by atoms with Crippen molar-refractivity contribution < 1.29 is 9.90 Å². The highest BCUT2D eigenvalue weighted by Crippen LogP contribution is 2.16. The first-order chi connectivity index (χ1) is 9.63. The summed E-state index contributed by atoms with van der Waals surface area (Å²) in [7, 11) is 0. The van der Waals surface area contributed by atoms with Crippen molar-refractivity contribution in [3.05, 3.63) is 52.3 Å². The summed E-state index contributed by atoms with van der Waals surface area (Å²) in [6.45, 7) is 2.43. The van der Waals surface area contributed by atoms with Crippen molar-refractivity contribution >= 4 is 5.97 Å². The Morgan fingerprint density at radius 3 is 2.60 bits per heavy atom. The normalized spacial score (nSPS) is 10.4. The zero-order chi connectivity index (χ0) is 14.5. The molecule has 0 saturated carbocycles. The van der Waals surface area contributed by atoms with E-state index in [1.807, 2.05) is 37.3 Å². The van der Waals surface area contributed by atoms with Gasteiger partial charge < -0.3 is 5.11 Å². The van der Waals surface area contributed by atoms with Crippen LogP contribution in [0.3, 0.4) is 0 Å². The van der Waals surface area contributed by atoms with Crippen LogP contribution in [0.1, 0.15) is 30.1 Å². The van der Waals surface area contributed by atoms with E-state index in [2.05, 4.69) is 5.10 Å². The lowest BCUT2D eigenvalue weighted by Gasteiger charge is -2.08. The lowest BCUT2D eigenvalue weighted by atomic mass is 10.1. The quantitative estimate of drug-likeness (QED) is 0.907. The van der Waals surface area contributed by atoms with Gasteiger partial charge in [0, 0.05) is 12.1 Å². The van der Waals surface area contributed by atoms with E-state index in [1.54, 1.807) is 0 Å². The van der Waals surface area contributed by atoms with E-state index in [0.717, 1.165) is 18.4 Å². The molecule has 0 saturated heterocycles. The van der Waals surface area contributed by atoms with Crippen LogP contribution in [-0.2, 0) is 6.54 Å². The third-order valence-electron chi connectivity index (χ3n) is 3.00. The van der Waals surface area contributed by atoms with E-state index < -0.39 is 11.5 Å². The Bertz CT molecular complexity index is 663. The average Bonchev–Trinajstić information content (AvgIpc) is 2.46. The third kappa shape index (κ3) is 2.93. The second-order valence-corrected chi connectivity index (χ2v) is 4.50. The van der Waals surface area contributed by atoms with Gasteiger partial charge in [-0.05, 0) is 12.5 Å². The molecule has 0 aliphatic rings. The maximum absolute atomic E-state index is 12.0. The van der Waals surface area contributed by atoms with Crippen LogP contribution in [0.5, 0.6) is 0 Å². The number of hydrogen-bond acceptors (Lipinski definition) is 3. The Morgan fingerprint density at radius 1 is 1.30 bits per heavy atom. The summed E-state index contributed by atoms with van der Waals surface area (Å²) in [6.07, 6.45) is 1.69. The molecule has 0 spiro atoms. The average molecular weight is 272 g/mol. The van der Waals surface area contributed by atoms with Gasteiger partial charge >= 0.3 is 5.97 Å². The number of carbonyl (C=O) groups is 1. The van der Waals surface area contributed by atoms with Gasteiger partial charge in [-0.2, -0.15) is 5.10 Å². The number of aromatic nitrogens is 2. The van der Waals surface area contributed by atoms with Gasteiger partial charge in [-0.3, -0.25) is 4.79 Å². The maximum atomic E-state index is 12.0. The number of benzene rings is 1. The molecule has 1 aromatic carbocycles. The first kappa shape index (κ1) is 14.0. The van der Waals surface area contributed by atoms with E-state index in [0.29, 0.717) is 12.2 Å². The van der Waals surface area contributed by atoms with Crippen molar-refractivity contribution in [2.24, 2.45) is 0 Å².